The minimum Gasteiger partial charge on any atom is -0.332 e. The molecule has 3 nitrogen and oxygen atoms in total. The smallest absolute Gasteiger partial charge is 0.230 e. The molecule has 1 fully saturated rings. The lowest BCUT2D eigenvalue weighted by molar-refractivity contribution is -0.129. The molecular weight excluding hydrogens is 221 g/mol. The normalized spacial score (nSPS) is 17.6. The Morgan fingerprint density at radius 1 is 1.29 bits per heavy atom. The van der Waals surface area contributed by atoms with E-state index in [4.69, 9.17) is 0 Å². The highest BCUT2D eigenvalue weighted by molar-refractivity contribution is 6.05. The SMILES string of the molecule is CC(Cc1ccc(F)cc1)N1CC(=O)CC1=O. The van der Waals surface area contributed by atoms with Gasteiger partial charge in [-0.05, 0) is 31.0 Å². The van der Waals surface area contributed by atoms with E-state index in [0.29, 0.717) is 6.42 Å². The number of carbonyl (C=O) groups excluding carboxylic acids is 2. The molecule has 0 bridgehead atoms. The van der Waals surface area contributed by atoms with Gasteiger partial charge in [0.2, 0.25) is 5.91 Å². The molecule has 0 N–H and O–H groups in total. The minimum absolute atomic E-state index is 0.0216. The Labute approximate surface area is 99.2 Å². The first kappa shape index (κ1) is 11.8. The Morgan fingerprint density at radius 2 is 1.94 bits per heavy atom. The fourth-order valence-corrected chi connectivity index (χ4v) is 2.08. The van der Waals surface area contributed by atoms with Gasteiger partial charge >= 0.3 is 0 Å². The predicted octanol–water partition coefficient (Wildman–Crippen LogP) is 1.56. The fraction of sp³-hybridized carbons (Fsp3) is 0.385. The number of nitrogens with zero attached hydrogens (tertiary/aromatic N) is 1. The topological polar surface area (TPSA) is 37.4 Å². The van der Waals surface area contributed by atoms with Crippen LogP contribution in [0.3, 0.4) is 0 Å². The summed E-state index contributed by atoms with van der Waals surface area (Å²) in [4.78, 5) is 24.3. The summed E-state index contributed by atoms with van der Waals surface area (Å²) in [6.07, 6.45) is 0.660. The zero-order valence-electron chi connectivity index (χ0n) is 9.65. The van der Waals surface area contributed by atoms with Crippen LogP contribution in [0.25, 0.3) is 0 Å². The van der Waals surface area contributed by atoms with Crippen molar-refractivity contribution in [2.24, 2.45) is 0 Å². The van der Waals surface area contributed by atoms with Gasteiger partial charge in [-0.15, -0.1) is 0 Å². The maximum Gasteiger partial charge on any atom is 0.230 e. The minimum atomic E-state index is -0.270. The van der Waals surface area contributed by atoms with Crippen molar-refractivity contribution in [3.8, 4) is 0 Å². The van der Waals surface area contributed by atoms with Crippen LogP contribution in [0.1, 0.15) is 18.9 Å². The average Bonchev–Trinajstić information content (AvgIpc) is 2.61. The summed E-state index contributed by atoms with van der Waals surface area (Å²) >= 11 is 0. The molecule has 4 heteroatoms. The molecule has 2 rings (SSSR count). The number of carbonyl (C=O) groups is 2. The second-order valence-electron chi connectivity index (χ2n) is 4.42. The number of hydrogen-bond acceptors (Lipinski definition) is 2. The third kappa shape index (κ3) is 2.70. The first-order valence-corrected chi connectivity index (χ1v) is 5.62. The number of ketones is 1. The Morgan fingerprint density at radius 3 is 2.47 bits per heavy atom. The van der Waals surface area contributed by atoms with Gasteiger partial charge in [-0.3, -0.25) is 9.59 Å². The second-order valence-corrected chi connectivity index (χ2v) is 4.42. The first-order valence-electron chi connectivity index (χ1n) is 5.62. The molecule has 1 aliphatic rings. The Kier molecular flexibility index (Phi) is 3.22. The van der Waals surface area contributed by atoms with E-state index in [1.165, 1.54) is 12.1 Å². The van der Waals surface area contributed by atoms with Crippen molar-refractivity contribution in [1.29, 1.82) is 0 Å². The lowest BCUT2D eigenvalue weighted by Crippen LogP contribution is -2.35. The summed E-state index contributed by atoms with van der Waals surface area (Å²) in [6.45, 7) is 2.11. The van der Waals surface area contributed by atoms with Crippen molar-refractivity contribution in [1.82, 2.24) is 4.90 Å². The largest absolute Gasteiger partial charge is 0.332 e. The van der Waals surface area contributed by atoms with Gasteiger partial charge in [0.05, 0.1) is 13.0 Å². The average molecular weight is 235 g/mol. The van der Waals surface area contributed by atoms with Crippen LogP contribution in [-0.4, -0.2) is 29.2 Å². The highest BCUT2D eigenvalue weighted by Gasteiger charge is 2.30. The summed E-state index contributed by atoms with van der Waals surface area (Å²) in [5.41, 5.74) is 0.964. The quantitative estimate of drug-likeness (QED) is 0.745. The van der Waals surface area contributed by atoms with Crippen molar-refractivity contribution in [2.75, 3.05) is 6.54 Å². The van der Waals surface area contributed by atoms with E-state index in [-0.39, 0.29) is 36.5 Å². The molecule has 1 atom stereocenters. The van der Waals surface area contributed by atoms with Crippen LogP contribution in [0.15, 0.2) is 24.3 Å². The molecule has 1 amide bonds. The van der Waals surface area contributed by atoms with Crippen LogP contribution < -0.4 is 0 Å². The summed E-state index contributed by atoms with van der Waals surface area (Å²) in [7, 11) is 0. The maximum absolute atomic E-state index is 12.7. The van der Waals surface area contributed by atoms with Crippen LogP contribution in [0.2, 0.25) is 0 Å². The van der Waals surface area contributed by atoms with Gasteiger partial charge in [0.15, 0.2) is 5.78 Å². The van der Waals surface area contributed by atoms with Gasteiger partial charge in [-0.25, -0.2) is 4.39 Å². The molecular formula is C13H14FNO2. The number of benzene rings is 1. The molecule has 0 radical (unpaired) electrons. The van der Waals surface area contributed by atoms with Crippen molar-refractivity contribution in [3.63, 3.8) is 0 Å². The van der Waals surface area contributed by atoms with E-state index in [1.54, 1.807) is 17.0 Å². The van der Waals surface area contributed by atoms with E-state index in [1.807, 2.05) is 6.92 Å². The number of hydrogen-bond donors (Lipinski definition) is 0. The summed E-state index contributed by atoms with van der Waals surface area (Å²) in [6, 6.07) is 6.18. The number of halogens is 1. The van der Waals surface area contributed by atoms with Crippen molar-refractivity contribution in [3.05, 3.63) is 35.6 Å². The molecule has 0 aliphatic carbocycles. The molecule has 0 saturated carbocycles. The van der Waals surface area contributed by atoms with Gasteiger partial charge in [-0.1, -0.05) is 12.1 Å². The highest BCUT2D eigenvalue weighted by Crippen LogP contribution is 2.15. The number of rotatable bonds is 3. The van der Waals surface area contributed by atoms with Gasteiger partial charge < -0.3 is 4.90 Å². The number of amides is 1. The van der Waals surface area contributed by atoms with E-state index in [0.717, 1.165) is 5.56 Å². The summed E-state index contributed by atoms with van der Waals surface area (Å²) in [5, 5.41) is 0. The lowest BCUT2D eigenvalue weighted by Gasteiger charge is -2.23. The van der Waals surface area contributed by atoms with Gasteiger partial charge in [0.25, 0.3) is 0 Å². The van der Waals surface area contributed by atoms with E-state index < -0.39 is 0 Å². The van der Waals surface area contributed by atoms with Crippen LogP contribution >= 0.6 is 0 Å². The molecule has 1 unspecified atom stereocenters. The van der Waals surface area contributed by atoms with E-state index in [9.17, 15) is 14.0 Å². The molecule has 0 spiro atoms. The number of Topliss-reactive ketones (excluding diaryl/α,β-unsaturated/α-hetero) is 1. The van der Waals surface area contributed by atoms with Gasteiger partial charge in [0.1, 0.15) is 5.82 Å². The molecule has 0 aromatic heterocycles. The molecule has 17 heavy (non-hydrogen) atoms. The molecule has 1 aromatic rings. The van der Waals surface area contributed by atoms with Gasteiger partial charge in [-0.2, -0.15) is 0 Å². The Balaban J connectivity index is 2.01. The van der Waals surface area contributed by atoms with Crippen LogP contribution in [0.4, 0.5) is 4.39 Å². The molecule has 1 aliphatic heterocycles. The van der Waals surface area contributed by atoms with Crippen LogP contribution in [0.5, 0.6) is 0 Å². The molecule has 1 saturated heterocycles. The van der Waals surface area contributed by atoms with Crippen molar-refractivity contribution in [2.45, 2.75) is 25.8 Å². The first-order chi connectivity index (χ1) is 8.06. The van der Waals surface area contributed by atoms with E-state index in [2.05, 4.69) is 0 Å². The third-order valence-electron chi connectivity index (χ3n) is 2.99. The lowest BCUT2D eigenvalue weighted by atomic mass is 10.1. The highest BCUT2D eigenvalue weighted by atomic mass is 19.1. The summed E-state index contributed by atoms with van der Waals surface area (Å²) < 4.78 is 12.7. The zero-order valence-corrected chi connectivity index (χ0v) is 9.65. The standard InChI is InChI=1S/C13H14FNO2/c1-9(15-8-12(16)7-13(15)17)6-10-2-4-11(14)5-3-10/h2-5,9H,6-8H2,1H3. The third-order valence-corrected chi connectivity index (χ3v) is 2.99. The Bertz CT molecular complexity index is 441. The maximum atomic E-state index is 12.7. The second kappa shape index (κ2) is 4.65. The van der Waals surface area contributed by atoms with E-state index >= 15 is 0 Å². The van der Waals surface area contributed by atoms with Crippen LogP contribution in [-0.2, 0) is 16.0 Å². The fourth-order valence-electron chi connectivity index (χ4n) is 2.08. The molecule has 1 aromatic carbocycles. The van der Waals surface area contributed by atoms with Crippen molar-refractivity contribution >= 4 is 11.7 Å². The van der Waals surface area contributed by atoms with Crippen LogP contribution in [0, 0.1) is 5.82 Å². The Hall–Kier alpha value is -1.71. The predicted molar refractivity (Wildman–Crippen MR) is 60.9 cm³/mol. The monoisotopic (exact) mass is 235 g/mol. The van der Waals surface area contributed by atoms with Crippen molar-refractivity contribution < 1.29 is 14.0 Å². The van der Waals surface area contributed by atoms with Gasteiger partial charge in [0, 0.05) is 6.04 Å². The summed E-state index contributed by atoms with van der Waals surface area (Å²) in [5.74, 6) is -0.403. The zero-order chi connectivity index (χ0) is 12.4. The molecule has 1 heterocycles. The number of likely N-dealkylation sites (tertiary alicyclic amines) is 1. The molecule has 90 valence electrons.